The van der Waals surface area contributed by atoms with E-state index in [0.29, 0.717) is 0 Å². The molecule has 33 heavy (non-hydrogen) atoms. The molecule has 0 saturated carbocycles. The first-order chi connectivity index (χ1) is 16.2. The van der Waals surface area contributed by atoms with Crippen molar-refractivity contribution in [2.45, 2.75) is 19.8 Å². The highest BCUT2D eigenvalue weighted by atomic mass is 79.9. The van der Waals surface area contributed by atoms with Crippen LogP contribution in [0.5, 0.6) is 0 Å². The fraction of sp³-hybridized carbons (Fsp3) is 0.100. The van der Waals surface area contributed by atoms with E-state index < -0.39 is 0 Å². The normalized spacial score (nSPS) is 11.6. The van der Waals surface area contributed by atoms with Crippen LogP contribution in [0.25, 0.3) is 55.1 Å². The molecule has 2 aromatic heterocycles. The standard InChI is InChI=1S/C30H22BrNO/c1-2-6-20-17-28(26-9-5-8-25-24-7-3-4-10-29(24)33-30(25)26)32-18-27(20)21-12-11-19-13-14-23(31)16-22(19)15-21/h3-5,7-18H,2,6H2,1H3. The Bertz CT molecular complexity index is 1650. The first kappa shape index (κ1) is 20.2. The molecule has 2 heterocycles. The number of para-hydroxylation sites is 2. The summed E-state index contributed by atoms with van der Waals surface area (Å²) >= 11 is 3.60. The van der Waals surface area contributed by atoms with Gasteiger partial charge in [-0.25, -0.2) is 0 Å². The average molecular weight is 492 g/mol. The number of halogens is 1. The third kappa shape index (κ3) is 3.53. The molecule has 0 radical (unpaired) electrons. The van der Waals surface area contributed by atoms with E-state index in [1.807, 2.05) is 18.3 Å². The highest BCUT2D eigenvalue weighted by molar-refractivity contribution is 9.10. The van der Waals surface area contributed by atoms with Crippen molar-refractivity contribution in [2.24, 2.45) is 0 Å². The lowest BCUT2D eigenvalue weighted by molar-refractivity contribution is 0.670. The number of benzene rings is 4. The predicted molar refractivity (Wildman–Crippen MR) is 142 cm³/mol. The van der Waals surface area contributed by atoms with E-state index in [-0.39, 0.29) is 0 Å². The summed E-state index contributed by atoms with van der Waals surface area (Å²) in [4.78, 5) is 4.92. The molecular formula is C30H22BrNO. The van der Waals surface area contributed by atoms with E-state index in [0.717, 1.165) is 50.5 Å². The summed E-state index contributed by atoms with van der Waals surface area (Å²) in [7, 11) is 0. The van der Waals surface area contributed by atoms with Gasteiger partial charge >= 0.3 is 0 Å². The molecule has 0 amide bonds. The molecule has 0 N–H and O–H groups in total. The number of hydrogen-bond donors (Lipinski definition) is 0. The maximum atomic E-state index is 6.27. The fourth-order valence-electron chi connectivity index (χ4n) is 4.71. The first-order valence-electron chi connectivity index (χ1n) is 11.3. The fourth-order valence-corrected chi connectivity index (χ4v) is 5.09. The van der Waals surface area contributed by atoms with Gasteiger partial charge < -0.3 is 4.42 Å². The topological polar surface area (TPSA) is 26.0 Å². The van der Waals surface area contributed by atoms with Gasteiger partial charge in [0.25, 0.3) is 0 Å². The summed E-state index contributed by atoms with van der Waals surface area (Å²) in [5.74, 6) is 0. The monoisotopic (exact) mass is 491 g/mol. The molecule has 0 aliphatic rings. The van der Waals surface area contributed by atoms with Gasteiger partial charge in [0.1, 0.15) is 11.2 Å². The number of aryl methyl sites for hydroxylation is 1. The lowest BCUT2D eigenvalue weighted by Gasteiger charge is -2.12. The van der Waals surface area contributed by atoms with Crippen LogP contribution in [0.2, 0.25) is 0 Å². The second-order valence-electron chi connectivity index (χ2n) is 8.46. The summed E-state index contributed by atoms with van der Waals surface area (Å²) < 4.78 is 7.36. The molecule has 2 nitrogen and oxygen atoms in total. The minimum Gasteiger partial charge on any atom is -0.455 e. The van der Waals surface area contributed by atoms with Gasteiger partial charge in [0.05, 0.1) is 5.69 Å². The van der Waals surface area contributed by atoms with Crippen LogP contribution < -0.4 is 0 Å². The molecule has 6 aromatic rings. The quantitative estimate of drug-likeness (QED) is 0.245. The van der Waals surface area contributed by atoms with E-state index >= 15 is 0 Å². The predicted octanol–water partition coefficient (Wildman–Crippen LogP) is 9.18. The van der Waals surface area contributed by atoms with Gasteiger partial charge in [0.15, 0.2) is 0 Å². The van der Waals surface area contributed by atoms with E-state index in [2.05, 4.69) is 95.7 Å². The molecule has 0 fully saturated rings. The van der Waals surface area contributed by atoms with E-state index in [1.165, 1.54) is 27.5 Å². The third-order valence-corrected chi connectivity index (χ3v) is 6.80. The second-order valence-corrected chi connectivity index (χ2v) is 9.38. The minimum absolute atomic E-state index is 0.900. The van der Waals surface area contributed by atoms with Crippen molar-refractivity contribution in [3.63, 3.8) is 0 Å². The molecule has 6 rings (SSSR count). The summed E-state index contributed by atoms with van der Waals surface area (Å²) in [6.45, 7) is 2.22. The summed E-state index contributed by atoms with van der Waals surface area (Å²) in [5.41, 5.74) is 7.50. The lowest BCUT2D eigenvalue weighted by atomic mass is 9.95. The van der Waals surface area contributed by atoms with Crippen LogP contribution in [0.3, 0.4) is 0 Å². The van der Waals surface area contributed by atoms with Crippen molar-refractivity contribution < 1.29 is 4.42 Å². The van der Waals surface area contributed by atoms with Gasteiger partial charge in [-0.05, 0) is 64.7 Å². The zero-order chi connectivity index (χ0) is 22.4. The lowest BCUT2D eigenvalue weighted by Crippen LogP contribution is -1.94. The summed E-state index contributed by atoms with van der Waals surface area (Å²) in [5, 5.41) is 4.73. The van der Waals surface area contributed by atoms with Crippen molar-refractivity contribution in [3.8, 4) is 22.4 Å². The molecule has 0 atom stereocenters. The van der Waals surface area contributed by atoms with Gasteiger partial charge in [-0.15, -0.1) is 0 Å². The highest BCUT2D eigenvalue weighted by Crippen LogP contribution is 2.37. The number of furan rings is 1. The van der Waals surface area contributed by atoms with Crippen LogP contribution in [0, 0.1) is 0 Å². The molecule has 0 saturated heterocycles. The van der Waals surface area contributed by atoms with Crippen LogP contribution in [-0.2, 0) is 6.42 Å². The van der Waals surface area contributed by atoms with Gasteiger partial charge in [-0.2, -0.15) is 0 Å². The number of pyridine rings is 1. The maximum Gasteiger partial charge on any atom is 0.144 e. The number of fused-ring (bicyclic) bond motifs is 4. The Kier molecular flexibility index (Phi) is 5.00. The van der Waals surface area contributed by atoms with Crippen LogP contribution in [-0.4, -0.2) is 4.98 Å². The molecule has 0 bridgehead atoms. The van der Waals surface area contributed by atoms with Crippen LogP contribution >= 0.6 is 15.9 Å². The number of aromatic nitrogens is 1. The van der Waals surface area contributed by atoms with Gasteiger partial charge in [0.2, 0.25) is 0 Å². The first-order valence-corrected chi connectivity index (χ1v) is 12.1. The maximum absolute atomic E-state index is 6.27. The van der Waals surface area contributed by atoms with E-state index in [1.54, 1.807) is 0 Å². The smallest absolute Gasteiger partial charge is 0.144 e. The Labute approximate surface area is 201 Å². The molecule has 0 unspecified atom stereocenters. The van der Waals surface area contributed by atoms with Crippen LogP contribution in [0.15, 0.2) is 100 Å². The van der Waals surface area contributed by atoms with E-state index in [9.17, 15) is 0 Å². The number of nitrogens with zero attached hydrogens (tertiary/aromatic N) is 1. The van der Waals surface area contributed by atoms with E-state index in [4.69, 9.17) is 9.40 Å². The minimum atomic E-state index is 0.900. The average Bonchev–Trinajstić information content (AvgIpc) is 3.23. The third-order valence-electron chi connectivity index (χ3n) is 6.30. The molecule has 0 aliphatic heterocycles. The molecule has 3 heteroatoms. The summed E-state index contributed by atoms with van der Waals surface area (Å²) in [6, 6.07) is 29.8. The zero-order valence-electron chi connectivity index (χ0n) is 18.3. The molecule has 4 aromatic carbocycles. The molecule has 0 spiro atoms. The number of rotatable bonds is 4. The SMILES string of the molecule is CCCc1cc(-c2cccc3c2oc2ccccc23)ncc1-c1ccc2ccc(Br)cc2c1. The van der Waals surface area contributed by atoms with Crippen molar-refractivity contribution in [3.05, 3.63) is 101 Å². The number of hydrogen-bond acceptors (Lipinski definition) is 2. The zero-order valence-corrected chi connectivity index (χ0v) is 19.9. The Balaban J connectivity index is 1.51. The van der Waals surface area contributed by atoms with Crippen molar-refractivity contribution in [1.29, 1.82) is 0 Å². The Hall–Kier alpha value is -3.43. The van der Waals surface area contributed by atoms with Crippen LogP contribution in [0.4, 0.5) is 0 Å². The molecule has 0 aliphatic carbocycles. The highest BCUT2D eigenvalue weighted by Gasteiger charge is 2.15. The van der Waals surface area contributed by atoms with Crippen molar-refractivity contribution in [2.75, 3.05) is 0 Å². The van der Waals surface area contributed by atoms with Gasteiger partial charge in [-0.3, -0.25) is 4.98 Å². The molecular weight excluding hydrogens is 470 g/mol. The second kappa shape index (κ2) is 8.17. The largest absolute Gasteiger partial charge is 0.455 e. The van der Waals surface area contributed by atoms with Crippen molar-refractivity contribution >= 4 is 48.6 Å². The van der Waals surface area contributed by atoms with Crippen molar-refractivity contribution in [1.82, 2.24) is 4.98 Å². The molecule has 160 valence electrons. The Morgan fingerprint density at radius 1 is 0.788 bits per heavy atom. The summed E-state index contributed by atoms with van der Waals surface area (Å²) in [6.07, 6.45) is 4.10. The van der Waals surface area contributed by atoms with Gasteiger partial charge in [-0.1, -0.05) is 77.8 Å². The van der Waals surface area contributed by atoms with Gasteiger partial charge in [0, 0.05) is 32.6 Å². The Morgan fingerprint density at radius 3 is 2.55 bits per heavy atom. The Morgan fingerprint density at radius 2 is 1.64 bits per heavy atom. The van der Waals surface area contributed by atoms with Crippen LogP contribution in [0.1, 0.15) is 18.9 Å².